The Balaban J connectivity index is 1.60. The largest absolute Gasteiger partial charge is 0.331 e. The van der Waals surface area contributed by atoms with Crippen LogP contribution in [0, 0.1) is 0 Å². The van der Waals surface area contributed by atoms with Gasteiger partial charge in [0.15, 0.2) is 0 Å². The normalized spacial score (nSPS) is 16.2. The van der Waals surface area contributed by atoms with E-state index in [9.17, 15) is 18.0 Å². The summed E-state index contributed by atoms with van der Waals surface area (Å²) in [6.07, 6.45) is 1.71. The number of nitrogens with one attached hydrogen (secondary N) is 1. The van der Waals surface area contributed by atoms with Gasteiger partial charge in [0, 0.05) is 12.2 Å². The predicted molar refractivity (Wildman–Crippen MR) is 103 cm³/mol. The molecule has 8 nitrogen and oxygen atoms in total. The number of anilines is 1. The molecule has 3 aromatic rings. The Morgan fingerprint density at radius 3 is 2.68 bits per heavy atom. The highest BCUT2D eigenvalue weighted by Crippen LogP contribution is 2.32. The summed E-state index contributed by atoms with van der Waals surface area (Å²) < 4.78 is 28.0. The van der Waals surface area contributed by atoms with E-state index >= 15 is 0 Å². The van der Waals surface area contributed by atoms with Crippen molar-refractivity contribution in [2.24, 2.45) is 0 Å². The number of amides is 2. The summed E-state index contributed by atoms with van der Waals surface area (Å²) in [5.41, 5.74) is 2.20. The monoisotopic (exact) mass is 398 g/mol. The molecule has 0 radical (unpaired) electrons. The molecule has 0 aliphatic carbocycles. The quantitative estimate of drug-likeness (QED) is 0.726. The number of sulfonamides is 1. The molecule has 9 heteroatoms. The molecule has 1 atom stereocenters. The Kier molecular flexibility index (Phi) is 4.19. The van der Waals surface area contributed by atoms with Gasteiger partial charge in [0.05, 0.1) is 22.9 Å². The number of fused-ring (bicyclic) bond motifs is 2. The van der Waals surface area contributed by atoms with E-state index < -0.39 is 27.9 Å². The lowest BCUT2D eigenvalue weighted by Crippen LogP contribution is -2.45. The number of nitrogens with zero attached hydrogens (tertiary/aromatic N) is 3. The first-order valence-electron chi connectivity index (χ1n) is 8.78. The van der Waals surface area contributed by atoms with Gasteiger partial charge in [-0.25, -0.2) is 17.7 Å². The first kappa shape index (κ1) is 18.2. The molecule has 0 bridgehead atoms. The maximum absolute atomic E-state index is 12.7. The molecule has 1 aliphatic heterocycles. The van der Waals surface area contributed by atoms with Crippen molar-refractivity contribution in [1.82, 2.24) is 13.9 Å². The van der Waals surface area contributed by atoms with Crippen LogP contribution in [0.15, 0.2) is 53.7 Å². The molecular weight excluding hydrogens is 380 g/mol. The molecule has 28 heavy (non-hydrogen) atoms. The summed E-state index contributed by atoms with van der Waals surface area (Å²) in [7, 11) is -4.06. The number of hydrogen-bond donors (Lipinski definition) is 1. The van der Waals surface area contributed by atoms with Crippen LogP contribution in [0.2, 0.25) is 0 Å². The Morgan fingerprint density at radius 1 is 1.21 bits per heavy atom. The van der Waals surface area contributed by atoms with Crippen molar-refractivity contribution in [2.75, 3.05) is 5.32 Å². The highest BCUT2D eigenvalue weighted by molar-refractivity contribution is 7.90. The van der Waals surface area contributed by atoms with E-state index in [0.717, 1.165) is 12.1 Å². The molecular formula is C19H18N4O4S. The summed E-state index contributed by atoms with van der Waals surface area (Å²) in [5.74, 6) is -1.30. The van der Waals surface area contributed by atoms with Gasteiger partial charge in [-0.2, -0.15) is 0 Å². The topological polar surface area (TPSA) is 101 Å². The molecule has 1 aromatic heterocycles. The van der Waals surface area contributed by atoms with E-state index in [0.29, 0.717) is 15.5 Å². The third kappa shape index (κ3) is 2.66. The minimum atomic E-state index is -4.06. The highest BCUT2D eigenvalue weighted by Gasteiger charge is 2.45. The molecule has 0 spiro atoms. The summed E-state index contributed by atoms with van der Waals surface area (Å²) >= 11 is 0. The van der Waals surface area contributed by atoms with Crippen molar-refractivity contribution in [3.8, 4) is 0 Å². The van der Waals surface area contributed by atoms with Crippen molar-refractivity contribution in [3.63, 3.8) is 0 Å². The first-order valence-corrected chi connectivity index (χ1v) is 10.2. The number of aryl methyl sites for hydroxylation is 1. The molecule has 0 saturated heterocycles. The van der Waals surface area contributed by atoms with Crippen molar-refractivity contribution >= 4 is 38.6 Å². The fourth-order valence-corrected chi connectivity index (χ4v) is 5.06. The van der Waals surface area contributed by atoms with E-state index in [1.807, 2.05) is 17.6 Å². The lowest BCUT2D eigenvalue weighted by Gasteiger charge is -2.22. The van der Waals surface area contributed by atoms with Gasteiger partial charge < -0.3 is 9.88 Å². The third-order valence-electron chi connectivity index (χ3n) is 4.81. The average Bonchev–Trinajstić information content (AvgIpc) is 3.17. The molecule has 144 valence electrons. The lowest BCUT2D eigenvalue weighted by atomic mass is 10.2. The summed E-state index contributed by atoms with van der Waals surface area (Å²) in [6, 6.07) is 10.0. The number of aromatic nitrogens is 2. The van der Waals surface area contributed by atoms with Gasteiger partial charge in [-0.1, -0.05) is 12.1 Å². The van der Waals surface area contributed by atoms with Crippen LogP contribution in [0.4, 0.5) is 5.69 Å². The van der Waals surface area contributed by atoms with E-state index in [1.165, 1.54) is 19.1 Å². The smallest absolute Gasteiger partial charge is 0.269 e. The van der Waals surface area contributed by atoms with Crippen LogP contribution >= 0.6 is 0 Å². The third-order valence-corrected chi connectivity index (χ3v) is 6.73. The maximum atomic E-state index is 12.7. The number of rotatable bonds is 4. The van der Waals surface area contributed by atoms with Crippen molar-refractivity contribution in [2.45, 2.75) is 31.3 Å². The van der Waals surface area contributed by atoms with Crippen LogP contribution < -0.4 is 5.32 Å². The van der Waals surface area contributed by atoms with Gasteiger partial charge in [0.1, 0.15) is 10.9 Å². The van der Waals surface area contributed by atoms with Crippen LogP contribution in [0.3, 0.4) is 0 Å². The van der Waals surface area contributed by atoms with E-state index in [-0.39, 0.29) is 10.5 Å². The predicted octanol–water partition coefficient (Wildman–Crippen LogP) is 2.23. The number of hydrogen-bond acceptors (Lipinski definition) is 5. The number of imidazole rings is 1. The lowest BCUT2D eigenvalue weighted by molar-refractivity contribution is -0.118. The van der Waals surface area contributed by atoms with Gasteiger partial charge >= 0.3 is 0 Å². The van der Waals surface area contributed by atoms with E-state index in [2.05, 4.69) is 10.3 Å². The van der Waals surface area contributed by atoms with E-state index in [4.69, 9.17) is 0 Å². The molecule has 2 heterocycles. The Bertz CT molecular complexity index is 1220. The zero-order valence-corrected chi connectivity index (χ0v) is 16.1. The van der Waals surface area contributed by atoms with Gasteiger partial charge in [-0.05, 0) is 44.2 Å². The zero-order valence-electron chi connectivity index (χ0n) is 15.3. The number of carbonyl (C=O) groups excluding carboxylic acids is 2. The van der Waals surface area contributed by atoms with Crippen molar-refractivity contribution in [1.29, 1.82) is 0 Å². The fourth-order valence-electron chi connectivity index (χ4n) is 3.33. The number of carbonyl (C=O) groups is 2. The van der Waals surface area contributed by atoms with Crippen LogP contribution in [-0.4, -0.2) is 40.1 Å². The van der Waals surface area contributed by atoms with Gasteiger partial charge in [0.25, 0.3) is 15.9 Å². The first-order chi connectivity index (χ1) is 13.3. The molecule has 1 aliphatic rings. The van der Waals surface area contributed by atoms with Crippen LogP contribution in [0.5, 0.6) is 0 Å². The molecule has 2 amide bonds. The van der Waals surface area contributed by atoms with E-state index in [1.54, 1.807) is 30.6 Å². The minimum Gasteiger partial charge on any atom is -0.331 e. The second-order valence-electron chi connectivity index (χ2n) is 6.50. The van der Waals surface area contributed by atoms with Gasteiger partial charge in [0.2, 0.25) is 5.91 Å². The van der Waals surface area contributed by atoms with Crippen molar-refractivity contribution < 1.29 is 18.0 Å². The molecule has 2 aromatic carbocycles. The minimum absolute atomic E-state index is 0.0775. The van der Waals surface area contributed by atoms with Crippen molar-refractivity contribution in [3.05, 3.63) is 54.4 Å². The molecule has 0 fully saturated rings. The molecule has 0 unspecified atom stereocenters. The maximum Gasteiger partial charge on any atom is 0.269 e. The fraction of sp³-hybridized carbons (Fsp3) is 0.211. The summed E-state index contributed by atoms with van der Waals surface area (Å²) in [4.78, 5) is 29.5. The Labute approximate surface area is 161 Å². The summed E-state index contributed by atoms with van der Waals surface area (Å²) in [6.45, 7) is 4.17. The van der Waals surface area contributed by atoms with Crippen LogP contribution in [0.1, 0.15) is 24.2 Å². The highest BCUT2D eigenvalue weighted by atomic mass is 32.2. The van der Waals surface area contributed by atoms with Crippen LogP contribution in [0.25, 0.3) is 11.0 Å². The molecule has 4 rings (SSSR count). The van der Waals surface area contributed by atoms with Gasteiger partial charge in [-0.15, -0.1) is 0 Å². The average molecular weight is 398 g/mol. The Hall–Kier alpha value is -3.20. The SMILES string of the molecule is CCn1cnc2cc(NC(=O)[C@H](C)N3C(=O)c4ccccc4S3(=O)=O)ccc21. The number of benzene rings is 2. The standard InChI is InChI=1S/C19H18N4O4S/c1-3-22-11-20-15-10-13(8-9-16(15)22)21-18(24)12(2)23-19(25)14-6-4-5-7-17(14)28(23,26)27/h4-12H,3H2,1-2H3,(H,21,24)/t12-/m0/s1. The van der Waals surface area contributed by atoms with Crippen LogP contribution in [-0.2, 0) is 21.4 Å². The second kappa shape index (κ2) is 6.45. The Morgan fingerprint density at radius 2 is 1.96 bits per heavy atom. The molecule has 1 N–H and O–H groups in total. The van der Waals surface area contributed by atoms with Gasteiger partial charge in [-0.3, -0.25) is 9.59 Å². The zero-order chi connectivity index (χ0) is 20.1. The molecule has 0 saturated carbocycles. The second-order valence-corrected chi connectivity index (χ2v) is 8.28. The summed E-state index contributed by atoms with van der Waals surface area (Å²) in [5, 5.41) is 2.68.